The third-order valence-corrected chi connectivity index (χ3v) is 7.96. The third-order valence-electron chi connectivity index (χ3n) is 7.96. The SMILES string of the molecule is COc1ccccc1CN(CC(=O)C(c1ccc(C)cc1)c1ccc(C)cc1)C[C@@H]1CN(C(=O)O)CCN1C(=O)OC(C)(C)C. The summed E-state index contributed by atoms with van der Waals surface area (Å²) in [6.45, 7) is 10.6. The monoisotopic (exact) mass is 615 g/mol. The van der Waals surface area contributed by atoms with Gasteiger partial charge in [-0.15, -0.1) is 0 Å². The molecule has 1 heterocycles. The summed E-state index contributed by atoms with van der Waals surface area (Å²) in [7, 11) is 1.61. The van der Waals surface area contributed by atoms with E-state index in [0.29, 0.717) is 12.3 Å². The number of hydrogen-bond acceptors (Lipinski definition) is 6. The Hall–Kier alpha value is -4.37. The smallest absolute Gasteiger partial charge is 0.410 e. The van der Waals surface area contributed by atoms with E-state index in [4.69, 9.17) is 9.47 Å². The molecule has 0 spiro atoms. The lowest BCUT2D eigenvalue weighted by Crippen LogP contribution is -2.60. The van der Waals surface area contributed by atoms with Crippen LogP contribution in [0.2, 0.25) is 0 Å². The number of carbonyl (C=O) groups is 3. The zero-order valence-corrected chi connectivity index (χ0v) is 27.2. The van der Waals surface area contributed by atoms with Crippen molar-refractivity contribution in [1.29, 1.82) is 0 Å². The molecule has 0 saturated carbocycles. The van der Waals surface area contributed by atoms with Crippen molar-refractivity contribution in [2.75, 3.05) is 39.8 Å². The summed E-state index contributed by atoms with van der Waals surface area (Å²) in [5, 5.41) is 9.82. The van der Waals surface area contributed by atoms with Crippen molar-refractivity contribution in [1.82, 2.24) is 14.7 Å². The number of nitrogens with zero attached hydrogens (tertiary/aromatic N) is 3. The lowest BCUT2D eigenvalue weighted by Gasteiger charge is -2.42. The van der Waals surface area contributed by atoms with Crippen LogP contribution in [0.15, 0.2) is 72.8 Å². The fourth-order valence-electron chi connectivity index (χ4n) is 5.70. The van der Waals surface area contributed by atoms with E-state index in [-0.39, 0.29) is 38.5 Å². The van der Waals surface area contributed by atoms with Crippen LogP contribution in [0.4, 0.5) is 9.59 Å². The van der Waals surface area contributed by atoms with E-state index in [2.05, 4.69) is 0 Å². The van der Waals surface area contributed by atoms with Crippen LogP contribution in [0.25, 0.3) is 0 Å². The zero-order valence-electron chi connectivity index (χ0n) is 27.2. The van der Waals surface area contributed by atoms with Gasteiger partial charge in [-0.2, -0.15) is 0 Å². The van der Waals surface area contributed by atoms with Gasteiger partial charge in [0.05, 0.1) is 25.6 Å². The molecule has 3 aromatic rings. The van der Waals surface area contributed by atoms with Crippen molar-refractivity contribution in [2.24, 2.45) is 0 Å². The number of amides is 2. The maximum atomic E-state index is 14.4. The van der Waals surface area contributed by atoms with E-state index in [9.17, 15) is 19.5 Å². The second-order valence-corrected chi connectivity index (χ2v) is 12.8. The summed E-state index contributed by atoms with van der Waals surface area (Å²) in [6.07, 6.45) is -1.55. The minimum Gasteiger partial charge on any atom is -0.496 e. The van der Waals surface area contributed by atoms with E-state index in [0.717, 1.165) is 27.8 Å². The lowest BCUT2D eigenvalue weighted by atomic mass is 9.86. The van der Waals surface area contributed by atoms with E-state index >= 15 is 0 Å². The first-order valence-electron chi connectivity index (χ1n) is 15.3. The van der Waals surface area contributed by atoms with Crippen molar-refractivity contribution in [3.8, 4) is 5.75 Å². The minimum absolute atomic E-state index is 0.00711. The Labute approximate surface area is 266 Å². The van der Waals surface area contributed by atoms with Gasteiger partial charge in [-0.05, 0) is 51.8 Å². The zero-order chi connectivity index (χ0) is 32.7. The summed E-state index contributed by atoms with van der Waals surface area (Å²) in [6, 6.07) is 23.1. The first-order valence-corrected chi connectivity index (χ1v) is 15.3. The van der Waals surface area contributed by atoms with Gasteiger partial charge >= 0.3 is 12.2 Å². The van der Waals surface area contributed by atoms with Crippen molar-refractivity contribution in [2.45, 2.75) is 58.7 Å². The summed E-state index contributed by atoms with van der Waals surface area (Å²) in [4.78, 5) is 44.6. The van der Waals surface area contributed by atoms with Gasteiger partial charge in [0, 0.05) is 38.3 Å². The van der Waals surface area contributed by atoms with Crippen LogP contribution in [0, 0.1) is 13.8 Å². The molecular weight excluding hydrogens is 570 g/mol. The van der Waals surface area contributed by atoms with Gasteiger partial charge in [0.1, 0.15) is 11.4 Å². The molecule has 0 unspecified atom stereocenters. The molecule has 0 bridgehead atoms. The largest absolute Gasteiger partial charge is 0.496 e. The van der Waals surface area contributed by atoms with E-state index < -0.39 is 29.7 Å². The van der Waals surface area contributed by atoms with Gasteiger partial charge in [-0.1, -0.05) is 77.9 Å². The van der Waals surface area contributed by atoms with E-state index in [1.54, 1.807) is 32.8 Å². The van der Waals surface area contributed by atoms with Crippen LogP contribution in [0.5, 0.6) is 5.75 Å². The molecule has 2 amide bonds. The summed E-state index contributed by atoms with van der Waals surface area (Å²) < 4.78 is 11.3. The Kier molecular flexibility index (Phi) is 10.9. The van der Waals surface area contributed by atoms with Crippen LogP contribution in [0.3, 0.4) is 0 Å². The molecule has 1 fully saturated rings. The molecule has 1 aliphatic heterocycles. The molecule has 1 saturated heterocycles. The quantitative estimate of drug-likeness (QED) is 0.294. The molecule has 0 aromatic heterocycles. The van der Waals surface area contributed by atoms with Gasteiger partial charge in [0.15, 0.2) is 5.78 Å². The summed E-state index contributed by atoms with van der Waals surface area (Å²) in [5.74, 6) is 0.172. The number of carbonyl (C=O) groups excluding carboxylic acids is 2. The number of aryl methyl sites for hydroxylation is 2. The van der Waals surface area contributed by atoms with Crippen molar-refractivity contribution < 1.29 is 29.0 Å². The van der Waals surface area contributed by atoms with Gasteiger partial charge in [0.2, 0.25) is 0 Å². The van der Waals surface area contributed by atoms with Gasteiger partial charge in [-0.25, -0.2) is 9.59 Å². The van der Waals surface area contributed by atoms with Gasteiger partial charge < -0.3 is 24.4 Å². The number of rotatable bonds is 10. The number of ketones is 1. The van der Waals surface area contributed by atoms with Crippen molar-refractivity contribution in [3.63, 3.8) is 0 Å². The number of ether oxygens (including phenoxy) is 2. The number of para-hydroxylation sites is 1. The normalized spacial score (nSPS) is 15.3. The second kappa shape index (κ2) is 14.6. The molecule has 9 nitrogen and oxygen atoms in total. The number of benzene rings is 3. The number of piperazine rings is 1. The first-order chi connectivity index (χ1) is 21.3. The Balaban J connectivity index is 1.70. The standard InChI is InChI=1S/C36H45N3O6/c1-25-11-15-27(16-12-25)33(28-17-13-26(2)14-18-28)31(40)24-37(21-29-9-7-8-10-32(29)44-6)22-30-23-38(34(41)42)19-20-39(30)35(43)45-36(3,4)5/h7-18,30,33H,19-24H2,1-6H3,(H,41,42)/t30-/m1/s1. The molecule has 0 aliphatic carbocycles. The Morgan fingerprint density at radius 1 is 0.911 bits per heavy atom. The fourth-order valence-corrected chi connectivity index (χ4v) is 5.70. The third kappa shape index (κ3) is 9.08. The van der Waals surface area contributed by atoms with Crippen LogP contribution >= 0.6 is 0 Å². The second-order valence-electron chi connectivity index (χ2n) is 12.8. The highest BCUT2D eigenvalue weighted by atomic mass is 16.6. The lowest BCUT2D eigenvalue weighted by molar-refractivity contribution is -0.121. The average molecular weight is 616 g/mol. The number of methoxy groups -OCH3 is 1. The molecule has 45 heavy (non-hydrogen) atoms. The molecule has 0 radical (unpaired) electrons. The average Bonchev–Trinajstić information content (AvgIpc) is 2.98. The summed E-state index contributed by atoms with van der Waals surface area (Å²) >= 11 is 0. The molecule has 9 heteroatoms. The topological polar surface area (TPSA) is 99.6 Å². The van der Waals surface area contributed by atoms with Crippen molar-refractivity contribution in [3.05, 3.63) is 101 Å². The Morgan fingerprint density at radius 3 is 2.02 bits per heavy atom. The Morgan fingerprint density at radius 2 is 1.49 bits per heavy atom. The number of Topliss-reactive ketones (excluding diaryl/α,β-unsaturated/α-hetero) is 1. The van der Waals surface area contributed by atoms with Gasteiger partial charge in [0.25, 0.3) is 0 Å². The van der Waals surface area contributed by atoms with Crippen molar-refractivity contribution >= 4 is 18.0 Å². The minimum atomic E-state index is -1.05. The molecular formula is C36H45N3O6. The first kappa shape index (κ1) is 33.5. The van der Waals surface area contributed by atoms with E-state index in [1.807, 2.05) is 91.5 Å². The van der Waals surface area contributed by atoms with Crippen LogP contribution in [0.1, 0.15) is 54.5 Å². The molecule has 1 N–H and O–H groups in total. The molecule has 1 atom stereocenters. The Bertz CT molecular complexity index is 1420. The highest BCUT2D eigenvalue weighted by Crippen LogP contribution is 2.28. The summed E-state index contributed by atoms with van der Waals surface area (Å²) in [5.41, 5.74) is 4.18. The van der Waals surface area contributed by atoms with Crippen LogP contribution in [-0.4, -0.2) is 89.3 Å². The predicted molar refractivity (Wildman–Crippen MR) is 174 cm³/mol. The number of hydrogen-bond donors (Lipinski definition) is 1. The van der Waals surface area contributed by atoms with Gasteiger partial charge in [-0.3, -0.25) is 9.69 Å². The van der Waals surface area contributed by atoms with Crippen LogP contribution in [-0.2, 0) is 16.1 Å². The maximum absolute atomic E-state index is 14.4. The predicted octanol–water partition coefficient (Wildman–Crippen LogP) is 6.11. The van der Waals surface area contributed by atoms with E-state index in [1.165, 1.54) is 4.90 Å². The molecule has 240 valence electrons. The molecule has 4 rings (SSSR count). The number of carboxylic acid groups (broad SMARTS) is 1. The molecule has 1 aliphatic rings. The van der Waals surface area contributed by atoms with Crippen LogP contribution < -0.4 is 4.74 Å². The highest BCUT2D eigenvalue weighted by molar-refractivity contribution is 5.90. The molecule has 3 aromatic carbocycles. The fraction of sp³-hybridized carbons (Fsp3) is 0.417. The maximum Gasteiger partial charge on any atom is 0.410 e. The highest BCUT2D eigenvalue weighted by Gasteiger charge is 2.37.